The zero-order chi connectivity index (χ0) is 15.2. The monoisotopic (exact) mass is 289 g/mol. The molecule has 21 heavy (non-hydrogen) atoms. The van der Waals surface area contributed by atoms with E-state index in [9.17, 15) is 4.39 Å². The van der Waals surface area contributed by atoms with E-state index in [2.05, 4.69) is 0 Å². The second kappa shape index (κ2) is 7.09. The van der Waals surface area contributed by atoms with Gasteiger partial charge in [-0.2, -0.15) is 0 Å². The minimum absolute atomic E-state index is 0.0658. The minimum atomic E-state index is -0.394. The van der Waals surface area contributed by atoms with Crippen molar-refractivity contribution in [1.82, 2.24) is 0 Å². The van der Waals surface area contributed by atoms with Crippen LogP contribution in [0.2, 0.25) is 0 Å². The van der Waals surface area contributed by atoms with Gasteiger partial charge in [-0.15, -0.1) is 0 Å². The summed E-state index contributed by atoms with van der Waals surface area (Å²) >= 11 is 0. The summed E-state index contributed by atoms with van der Waals surface area (Å²) in [6.45, 7) is 4.36. The lowest BCUT2D eigenvalue weighted by Crippen LogP contribution is -2.18. The molecule has 0 spiro atoms. The van der Waals surface area contributed by atoms with Crippen LogP contribution in [0.15, 0.2) is 42.5 Å². The van der Waals surface area contributed by atoms with Crippen LogP contribution in [0.25, 0.3) is 0 Å². The van der Waals surface area contributed by atoms with E-state index in [1.165, 1.54) is 6.07 Å². The summed E-state index contributed by atoms with van der Waals surface area (Å²) < 4.78 is 25.2. The van der Waals surface area contributed by atoms with Crippen molar-refractivity contribution < 1.29 is 13.9 Å². The predicted octanol–water partition coefficient (Wildman–Crippen LogP) is 3.91. The highest BCUT2D eigenvalue weighted by Gasteiger charge is 2.12. The molecule has 0 heterocycles. The fourth-order valence-corrected chi connectivity index (χ4v) is 2.09. The van der Waals surface area contributed by atoms with Crippen molar-refractivity contribution in [3.8, 4) is 17.2 Å². The molecule has 2 aromatic rings. The van der Waals surface area contributed by atoms with Gasteiger partial charge < -0.3 is 15.2 Å². The highest BCUT2D eigenvalue weighted by atomic mass is 19.1. The molecule has 0 aliphatic rings. The number of halogens is 1. The molecule has 0 aromatic heterocycles. The van der Waals surface area contributed by atoms with Gasteiger partial charge in [0.2, 0.25) is 0 Å². The zero-order valence-corrected chi connectivity index (χ0v) is 12.3. The van der Waals surface area contributed by atoms with Gasteiger partial charge in [0.25, 0.3) is 0 Å². The first-order valence-corrected chi connectivity index (χ1v) is 7.04. The van der Waals surface area contributed by atoms with E-state index >= 15 is 0 Å². The largest absolute Gasteiger partial charge is 0.494 e. The van der Waals surface area contributed by atoms with Crippen LogP contribution < -0.4 is 15.2 Å². The molecule has 1 unspecified atom stereocenters. The maximum atomic E-state index is 14.0. The molecule has 1 atom stereocenters. The average molecular weight is 289 g/mol. The topological polar surface area (TPSA) is 44.5 Å². The van der Waals surface area contributed by atoms with Crippen molar-refractivity contribution in [2.75, 3.05) is 6.61 Å². The van der Waals surface area contributed by atoms with Gasteiger partial charge in [-0.3, -0.25) is 0 Å². The fourth-order valence-electron chi connectivity index (χ4n) is 2.09. The number of benzene rings is 2. The predicted molar refractivity (Wildman–Crippen MR) is 81.4 cm³/mol. The second-order valence-electron chi connectivity index (χ2n) is 4.92. The molecule has 0 saturated carbocycles. The smallest absolute Gasteiger partial charge is 0.166 e. The molecule has 0 bridgehead atoms. The SMILES string of the molecule is CCOc1cccc(Oc2c(F)cccc2CC(C)N)c1. The van der Waals surface area contributed by atoms with Gasteiger partial charge in [-0.05, 0) is 44.0 Å². The van der Waals surface area contributed by atoms with Crippen molar-refractivity contribution in [2.24, 2.45) is 5.73 Å². The highest BCUT2D eigenvalue weighted by molar-refractivity contribution is 5.41. The quantitative estimate of drug-likeness (QED) is 0.877. The molecule has 0 aliphatic heterocycles. The van der Waals surface area contributed by atoms with E-state index in [0.717, 1.165) is 5.56 Å². The number of hydrogen-bond acceptors (Lipinski definition) is 3. The maximum absolute atomic E-state index is 14.0. The Kier molecular flexibility index (Phi) is 5.17. The summed E-state index contributed by atoms with van der Waals surface area (Å²) in [5.74, 6) is 1.07. The van der Waals surface area contributed by atoms with Crippen LogP contribution >= 0.6 is 0 Å². The van der Waals surface area contributed by atoms with Crippen LogP contribution in [0, 0.1) is 5.82 Å². The Balaban J connectivity index is 2.28. The van der Waals surface area contributed by atoms with Crippen LogP contribution in [-0.4, -0.2) is 12.6 Å². The molecule has 4 heteroatoms. The number of ether oxygens (including phenoxy) is 2. The molecule has 2 rings (SSSR count). The van der Waals surface area contributed by atoms with E-state index < -0.39 is 5.82 Å². The summed E-state index contributed by atoms with van der Waals surface area (Å²) in [7, 11) is 0. The Bertz CT molecular complexity index is 599. The van der Waals surface area contributed by atoms with E-state index in [1.54, 1.807) is 18.2 Å². The van der Waals surface area contributed by atoms with E-state index in [0.29, 0.717) is 24.5 Å². The van der Waals surface area contributed by atoms with Crippen molar-refractivity contribution >= 4 is 0 Å². The number of hydrogen-bond donors (Lipinski definition) is 1. The van der Waals surface area contributed by atoms with Gasteiger partial charge in [-0.1, -0.05) is 18.2 Å². The molecule has 0 aliphatic carbocycles. The van der Waals surface area contributed by atoms with Gasteiger partial charge in [0.15, 0.2) is 11.6 Å². The Hall–Kier alpha value is -2.07. The Morgan fingerprint density at radius 2 is 1.86 bits per heavy atom. The van der Waals surface area contributed by atoms with Gasteiger partial charge in [-0.25, -0.2) is 4.39 Å². The lowest BCUT2D eigenvalue weighted by Gasteiger charge is -2.14. The third kappa shape index (κ3) is 4.20. The molecular weight excluding hydrogens is 269 g/mol. The number of nitrogens with two attached hydrogens (primary N) is 1. The van der Waals surface area contributed by atoms with Crippen LogP contribution in [0.1, 0.15) is 19.4 Å². The Morgan fingerprint density at radius 1 is 1.14 bits per heavy atom. The van der Waals surface area contributed by atoms with Crippen LogP contribution in [0.5, 0.6) is 17.2 Å². The summed E-state index contributed by atoms with van der Waals surface area (Å²) in [6, 6.07) is 12.0. The standard InChI is InChI=1S/C17H20FNO2/c1-3-20-14-7-5-8-15(11-14)21-17-13(10-12(2)19)6-4-9-16(17)18/h4-9,11-12H,3,10,19H2,1-2H3. The fraction of sp³-hybridized carbons (Fsp3) is 0.294. The first-order chi connectivity index (χ1) is 10.1. The summed E-state index contributed by atoms with van der Waals surface area (Å²) in [6.07, 6.45) is 0.554. The minimum Gasteiger partial charge on any atom is -0.494 e. The molecule has 2 N–H and O–H groups in total. The second-order valence-corrected chi connectivity index (χ2v) is 4.92. The third-order valence-electron chi connectivity index (χ3n) is 2.93. The third-order valence-corrected chi connectivity index (χ3v) is 2.93. The Labute approximate surface area is 124 Å². The van der Waals surface area contributed by atoms with Crippen LogP contribution in [0.3, 0.4) is 0 Å². The summed E-state index contributed by atoms with van der Waals surface area (Å²) in [4.78, 5) is 0. The van der Waals surface area contributed by atoms with Crippen LogP contribution in [0.4, 0.5) is 4.39 Å². The zero-order valence-electron chi connectivity index (χ0n) is 12.3. The number of para-hydroxylation sites is 1. The highest BCUT2D eigenvalue weighted by Crippen LogP contribution is 2.31. The van der Waals surface area contributed by atoms with Gasteiger partial charge in [0.05, 0.1) is 6.61 Å². The van der Waals surface area contributed by atoms with Gasteiger partial charge in [0.1, 0.15) is 11.5 Å². The maximum Gasteiger partial charge on any atom is 0.166 e. The summed E-state index contributed by atoms with van der Waals surface area (Å²) in [5.41, 5.74) is 6.56. The summed E-state index contributed by atoms with van der Waals surface area (Å²) in [5, 5.41) is 0. The van der Waals surface area contributed by atoms with Crippen molar-refractivity contribution in [2.45, 2.75) is 26.3 Å². The Morgan fingerprint density at radius 3 is 2.57 bits per heavy atom. The van der Waals surface area contributed by atoms with E-state index in [4.69, 9.17) is 15.2 Å². The van der Waals surface area contributed by atoms with Crippen molar-refractivity contribution in [1.29, 1.82) is 0 Å². The van der Waals surface area contributed by atoms with Crippen LogP contribution in [-0.2, 0) is 6.42 Å². The lowest BCUT2D eigenvalue weighted by atomic mass is 10.1. The van der Waals surface area contributed by atoms with E-state index in [-0.39, 0.29) is 11.8 Å². The molecule has 0 saturated heterocycles. The van der Waals surface area contributed by atoms with Crippen molar-refractivity contribution in [3.63, 3.8) is 0 Å². The molecule has 2 aromatic carbocycles. The number of rotatable bonds is 6. The lowest BCUT2D eigenvalue weighted by molar-refractivity contribution is 0.337. The van der Waals surface area contributed by atoms with Gasteiger partial charge in [0, 0.05) is 12.1 Å². The van der Waals surface area contributed by atoms with E-state index in [1.807, 2.05) is 32.0 Å². The van der Waals surface area contributed by atoms with Crippen molar-refractivity contribution in [3.05, 3.63) is 53.8 Å². The first-order valence-electron chi connectivity index (χ1n) is 7.04. The normalized spacial score (nSPS) is 12.0. The average Bonchev–Trinajstić information content (AvgIpc) is 2.43. The molecule has 3 nitrogen and oxygen atoms in total. The van der Waals surface area contributed by atoms with Gasteiger partial charge >= 0.3 is 0 Å². The molecule has 0 fully saturated rings. The first kappa shape index (κ1) is 15.3. The molecule has 0 radical (unpaired) electrons. The molecule has 0 amide bonds. The molecule has 112 valence electrons. The molecular formula is C17H20FNO2.